The molecule has 9 rings (SSSR count). The summed E-state index contributed by atoms with van der Waals surface area (Å²) < 4.78 is 8.81. The molecule has 1 aliphatic rings. The second kappa shape index (κ2) is 16.2. The first-order valence-corrected chi connectivity index (χ1v) is 20.8. The summed E-state index contributed by atoms with van der Waals surface area (Å²) in [5.41, 5.74) is 11.2. The fourth-order valence-electron chi connectivity index (χ4n) is 8.02. The summed E-state index contributed by atoms with van der Waals surface area (Å²) in [6, 6.07) is 56.5. The Hall–Kier alpha value is -5.90. The van der Waals surface area contributed by atoms with Crippen molar-refractivity contribution in [3.63, 3.8) is 0 Å². The average molecular weight is 979 g/mol. The maximum Gasteiger partial charge on any atom is 0.135 e. The maximum absolute atomic E-state index is 6.60. The molecule has 0 saturated carbocycles. The summed E-state index contributed by atoms with van der Waals surface area (Å²) in [6.07, 6.45) is 6.09. The van der Waals surface area contributed by atoms with Gasteiger partial charge in [-0.1, -0.05) is 140 Å². The van der Waals surface area contributed by atoms with Crippen molar-refractivity contribution < 1.29 is 25.8 Å². The predicted molar refractivity (Wildman–Crippen MR) is 249 cm³/mol. The first kappa shape index (κ1) is 41.8. The van der Waals surface area contributed by atoms with Crippen LogP contribution in [-0.2, 0) is 37.3 Å². The van der Waals surface area contributed by atoms with Crippen molar-refractivity contribution in [1.29, 1.82) is 0 Å². The van der Waals surface area contributed by atoms with Crippen LogP contribution in [0.15, 0.2) is 158 Å². The molecule has 0 aliphatic carbocycles. The standard InChI is InChI=1S/C55H51N4O.Pt/c1-53(2,3)42-31-43(54(4,5)6)33-45(32-42)58-29-28-57(37-58)44-20-15-21-46(35-44)60-47-23-24-48-49-30-39(38-16-11-9-12-17-38)22-25-50(49)59(51(48)36-47)52-34-41(26-27-56-52)55(7,8)40-18-13-10-14-19-40;/h9-34,37H,1-8H3;/q-3;. The number of ether oxygens (including phenoxy) is 1. The Morgan fingerprint density at radius 2 is 1.21 bits per heavy atom. The van der Waals surface area contributed by atoms with Crippen LogP contribution in [0.5, 0.6) is 11.5 Å². The van der Waals surface area contributed by atoms with Crippen LogP contribution in [-0.4, -0.2) is 9.55 Å². The molecule has 1 aliphatic heterocycles. The van der Waals surface area contributed by atoms with E-state index in [1.807, 2.05) is 30.5 Å². The van der Waals surface area contributed by atoms with Crippen LogP contribution < -0.4 is 14.5 Å². The minimum atomic E-state index is -0.234. The summed E-state index contributed by atoms with van der Waals surface area (Å²) in [4.78, 5) is 9.24. The fraction of sp³-hybridized carbons (Fsp3) is 0.200. The molecule has 6 aromatic carbocycles. The first-order chi connectivity index (χ1) is 28.7. The van der Waals surface area contributed by atoms with Gasteiger partial charge in [-0.25, -0.2) is 4.98 Å². The number of hydrogen-bond acceptors (Lipinski definition) is 4. The third-order valence-electron chi connectivity index (χ3n) is 11.8. The smallest absolute Gasteiger partial charge is 0.135 e. The number of anilines is 2. The Kier molecular flexibility index (Phi) is 11.1. The van der Waals surface area contributed by atoms with Crippen LogP contribution in [0.3, 0.4) is 0 Å². The van der Waals surface area contributed by atoms with Crippen LogP contribution in [0.1, 0.15) is 77.6 Å². The Bertz CT molecular complexity index is 2850. The molecule has 0 unspecified atom stereocenters. The molecule has 3 heterocycles. The second-order valence-corrected chi connectivity index (χ2v) is 18.4. The van der Waals surface area contributed by atoms with Crippen LogP contribution in [0.25, 0.3) is 38.8 Å². The van der Waals surface area contributed by atoms with Gasteiger partial charge in [0.25, 0.3) is 0 Å². The van der Waals surface area contributed by atoms with Crippen molar-refractivity contribution in [2.75, 3.05) is 9.80 Å². The summed E-state index contributed by atoms with van der Waals surface area (Å²) in [5.74, 6) is 2.03. The van der Waals surface area contributed by atoms with E-state index < -0.39 is 0 Å². The van der Waals surface area contributed by atoms with Gasteiger partial charge >= 0.3 is 0 Å². The van der Waals surface area contributed by atoms with E-state index in [1.54, 1.807) is 0 Å². The largest absolute Gasteiger partial charge is 0.509 e. The van der Waals surface area contributed by atoms with E-state index in [0.29, 0.717) is 11.5 Å². The quantitative estimate of drug-likeness (QED) is 0.142. The summed E-state index contributed by atoms with van der Waals surface area (Å²) >= 11 is 0. The third-order valence-corrected chi connectivity index (χ3v) is 11.8. The second-order valence-electron chi connectivity index (χ2n) is 18.4. The minimum Gasteiger partial charge on any atom is -0.509 e. The summed E-state index contributed by atoms with van der Waals surface area (Å²) in [5, 5.41) is 2.20. The number of hydrogen-bond donors (Lipinski definition) is 0. The van der Waals surface area contributed by atoms with E-state index in [4.69, 9.17) is 9.72 Å². The SMILES string of the molecule is CC(C)(C)c1cc(N2C=CN(c3[c-]c(Oc4[c-]c5c(cc4)c4cc(-c6ccccc6)ccc4n5-c4cc(C(C)(C)c5ccccc5)ccn4)ccc3)[CH-]2)cc(C(C)(C)C)c1.[Pt]. The van der Waals surface area contributed by atoms with Crippen molar-refractivity contribution in [3.8, 4) is 28.4 Å². The van der Waals surface area contributed by atoms with E-state index in [-0.39, 0.29) is 37.3 Å². The molecule has 0 fully saturated rings. The van der Waals surface area contributed by atoms with Crippen LogP contribution in [0, 0.1) is 18.8 Å². The molecule has 0 spiro atoms. The number of rotatable bonds is 8. The van der Waals surface area contributed by atoms with Gasteiger partial charge in [-0.05, 0) is 92.3 Å². The molecule has 0 saturated heterocycles. The number of fused-ring (bicyclic) bond motifs is 3. The Morgan fingerprint density at radius 3 is 1.92 bits per heavy atom. The van der Waals surface area contributed by atoms with E-state index in [9.17, 15) is 0 Å². The van der Waals surface area contributed by atoms with Gasteiger partial charge in [-0.15, -0.1) is 48.1 Å². The van der Waals surface area contributed by atoms with Crippen molar-refractivity contribution in [1.82, 2.24) is 9.55 Å². The van der Waals surface area contributed by atoms with Crippen molar-refractivity contribution in [2.24, 2.45) is 0 Å². The molecule has 0 amide bonds. The molecule has 6 heteroatoms. The number of aromatic nitrogens is 2. The van der Waals surface area contributed by atoms with E-state index in [2.05, 4.69) is 216 Å². The van der Waals surface area contributed by atoms with Gasteiger partial charge in [0.1, 0.15) is 5.82 Å². The molecular formula is C55H51N4OPt-3. The molecular weight excluding hydrogens is 928 g/mol. The summed E-state index contributed by atoms with van der Waals surface area (Å²) in [7, 11) is 0. The van der Waals surface area contributed by atoms with Gasteiger partial charge in [-0.2, -0.15) is 12.1 Å². The molecule has 5 nitrogen and oxygen atoms in total. The normalized spacial score (nSPS) is 13.2. The zero-order valence-corrected chi connectivity index (χ0v) is 38.4. The zero-order valence-electron chi connectivity index (χ0n) is 36.1. The first-order valence-electron chi connectivity index (χ1n) is 20.8. The Balaban J connectivity index is 0.00000514. The molecule has 2 aromatic heterocycles. The van der Waals surface area contributed by atoms with Crippen LogP contribution in [0.2, 0.25) is 0 Å². The topological polar surface area (TPSA) is 33.5 Å². The van der Waals surface area contributed by atoms with E-state index in [1.165, 1.54) is 27.8 Å². The van der Waals surface area contributed by atoms with Gasteiger partial charge in [0, 0.05) is 55.4 Å². The molecule has 8 aromatic rings. The zero-order chi connectivity index (χ0) is 41.8. The third kappa shape index (κ3) is 8.29. The molecule has 61 heavy (non-hydrogen) atoms. The maximum atomic E-state index is 6.60. The molecule has 0 atom stereocenters. The number of benzene rings is 6. The predicted octanol–water partition coefficient (Wildman–Crippen LogP) is 14.1. The van der Waals surface area contributed by atoms with Crippen LogP contribution >= 0.6 is 0 Å². The van der Waals surface area contributed by atoms with Crippen LogP contribution in [0.4, 0.5) is 11.4 Å². The fourth-order valence-corrected chi connectivity index (χ4v) is 8.02. The Labute approximate surface area is 375 Å². The molecule has 0 N–H and O–H groups in total. The summed E-state index contributed by atoms with van der Waals surface area (Å²) in [6.45, 7) is 20.3. The molecule has 0 radical (unpaired) electrons. The van der Waals surface area contributed by atoms with E-state index in [0.717, 1.165) is 44.6 Å². The Morgan fingerprint density at radius 1 is 0.541 bits per heavy atom. The number of nitrogens with zero attached hydrogens (tertiary/aromatic N) is 4. The number of pyridine rings is 1. The van der Waals surface area contributed by atoms with Gasteiger partial charge < -0.3 is 19.1 Å². The monoisotopic (exact) mass is 978 g/mol. The van der Waals surface area contributed by atoms with Gasteiger partial charge in [0.15, 0.2) is 0 Å². The van der Waals surface area contributed by atoms with Crippen molar-refractivity contribution in [3.05, 3.63) is 199 Å². The average Bonchev–Trinajstić information content (AvgIpc) is 3.87. The minimum absolute atomic E-state index is 0. The van der Waals surface area contributed by atoms with E-state index >= 15 is 0 Å². The molecule has 0 bridgehead atoms. The van der Waals surface area contributed by atoms with Crippen molar-refractivity contribution >= 4 is 33.2 Å². The van der Waals surface area contributed by atoms with Gasteiger partial charge in [0.2, 0.25) is 0 Å². The van der Waals surface area contributed by atoms with Gasteiger partial charge in [-0.3, -0.25) is 0 Å². The van der Waals surface area contributed by atoms with Gasteiger partial charge in [0.05, 0.1) is 0 Å². The molecule has 310 valence electrons. The van der Waals surface area contributed by atoms with Crippen molar-refractivity contribution in [2.45, 2.75) is 71.6 Å².